The highest BCUT2D eigenvalue weighted by Gasteiger charge is 2.24. The fourth-order valence-electron chi connectivity index (χ4n) is 2.57. The Morgan fingerprint density at radius 1 is 1.48 bits per heavy atom. The predicted octanol–water partition coefficient (Wildman–Crippen LogP) is 1.26. The molecule has 2 aromatic heterocycles. The van der Waals surface area contributed by atoms with Crippen molar-refractivity contribution >= 4 is 11.9 Å². The highest BCUT2D eigenvalue weighted by Crippen LogP contribution is 2.16. The fourth-order valence-corrected chi connectivity index (χ4v) is 2.57. The molecule has 3 heterocycles. The molecule has 2 aromatic rings. The summed E-state index contributed by atoms with van der Waals surface area (Å²) < 4.78 is 10.2. The number of ether oxygens (including phenoxy) is 1. The Balaban J connectivity index is 1.59. The highest BCUT2D eigenvalue weighted by atomic mass is 16.5. The summed E-state index contributed by atoms with van der Waals surface area (Å²) in [5.74, 6) is 0.871. The first kappa shape index (κ1) is 15.3. The zero-order chi connectivity index (χ0) is 16.1. The van der Waals surface area contributed by atoms with Gasteiger partial charge in [0.05, 0.1) is 12.7 Å². The predicted molar refractivity (Wildman–Crippen MR) is 82.4 cm³/mol. The molecule has 1 N–H and O–H groups in total. The maximum atomic E-state index is 12.2. The van der Waals surface area contributed by atoms with Crippen molar-refractivity contribution < 1.29 is 14.1 Å². The molecule has 0 radical (unpaired) electrons. The third-order valence-electron chi connectivity index (χ3n) is 3.60. The van der Waals surface area contributed by atoms with Crippen LogP contribution in [-0.4, -0.2) is 46.8 Å². The Hall–Kier alpha value is -2.64. The number of anilines is 1. The number of nitrogens with zero attached hydrogens (tertiary/aromatic N) is 4. The van der Waals surface area contributed by atoms with Crippen LogP contribution in [0.15, 0.2) is 29.0 Å². The largest absolute Gasteiger partial charge is 0.476 e. The topological polar surface area (TPSA) is 93.4 Å². The third kappa shape index (κ3) is 3.77. The Morgan fingerprint density at radius 2 is 2.30 bits per heavy atom. The Labute approximate surface area is 133 Å². The van der Waals surface area contributed by atoms with Gasteiger partial charge in [0, 0.05) is 31.5 Å². The molecular weight excluding hydrogens is 298 g/mol. The van der Waals surface area contributed by atoms with Crippen LogP contribution in [0, 0.1) is 0 Å². The number of hydrogen-bond acceptors (Lipinski definition) is 7. The van der Waals surface area contributed by atoms with Crippen LogP contribution in [0.2, 0.25) is 0 Å². The molecule has 1 aliphatic heterocycles. The number of carbonyl (C=O) groups is 1. The second-order valence-electron chi connectivity index (χ2n) is 5.27. The molecule has 1 fully saturated rings. The monoisotopic (exact) mass is 317 g/mol. The zero-order valence-corrected chi connectivity index (χ0v) is 12.9. The number of nitrogens with one attached hydrogen (secondary N) is 1. The zero-order valence-electron chi connectivity index (χ0n) is 12.9. The number of aromatic nitrogens is 3. The fraction of sp³-hybridized carbons (Fsp3) is 0.467. The number of hydrogen-bond donors (Lipinski definition) is 1. The van der Waals surface area contributed by atoms with Gasteiger partial charge >= 0.3 is 0 Å². The summed E-state index contributed by atoms with van der Waals surface area (Å²) in [5, 5.41) is 6.66. The van der Waals surface area contributed by atoms with Gasteiger partial charge in [0.2, 0.25) is 11.7 Å². The molecule has 0 aromatic carbocycles. The van der Waals surface area contributed by atoms with E-state index in [1.807, 2.05) is 6.92 Å². The molecule has 0 saturated carbocycles. The Kier molecular flexibility index (Phi) is 4.70. The van der Waals surface area contributed by atoms with E-state index in [4.69, 9.17) is 9.26 Å². The van der Waals surface area contributed by atoms with Crippen LogP contribution in [0.1, 0.15) is 30.3 Å². The van der Waals surface area contributed by atoms with Gasteiger partial charge in [-0.25, -0.2) is 9.97 Å². The molecule has 0 aliphatic carbocycles. The second kappa shape index (κ2) is 7.08. The van der Waals surface area contributed by atoms with E-state index < -0.39 is 0 Å². The lowest BCUT2D eigenvalue weighted by Gasteiger charge is -2.32. The summed E-state index contributed by atoms with van der Waals surface area (Å²) in [6.45, 7) is 3.87. The number of rotatable bonds is 5. The van der Waals surface area contributed by atoms with Gasteiger partial charge in [0.1, 0.15) is 0 Å². The molecule has 1 saturated heterocycles. The van der Waals surface area contributed by atoms with E-state index in [2.05, 4.69) is 25.3 Å². The summed E-state index contributed by atoms with van der Waals surface area (Å²) in [6.07, 6.45) is 5.30. The van der Waals surface area contributed by atoms with Gasteiger partial charge in [0.15, 0.2) is 0 Å². The maximum absolute atomic E-state index is 12.2. The third-order valence-corrected chi connectivity index (χ3v) is 3.60. The van der Waals surface area contributed by atoms with E-state index in [-0.39, 0.29) is 17.7 Å². The van der Waals surface area contributed by atoms with Crippen molar-refractivity contribution in [2.75, 3.05) is 24.6 Å². The van der Waals surface area contributed by atoms with Gasteiger partial charge in [0.25, 0.3) is 11.8 Å². The minimum absolute atomic E-state index is 0.0145. The molecule has 3 rings (SSSR count). The molecule has 122 valence electrons. The number of amides is 1. The summed E-state index contributed by atoms with van der Waals surface area (Å²) in [5.41, 5.74) is 0. The van der Waals surface area contributed by atoms with Crippen molar-refractivity contribution in [1.29, 1.82) is 0 Å². The maximum Gasteiger partial charge on any atom is 0.290 e. The standard InChI is InChI=1S/C15H19N5O3/c1-2-22-13-9-12(23-19-13)14(21)18-11-5-3-8-20(10-11)15-16-6-4-7-17-15/h4,6-7,9,11H,2-3,5,8,10H2,1H3,(H,18,21). The van der Waals surface area contributed by atoms with Gasteiger partial charge in [-0.3, -0.25) is 4.79 Å². The van der Waals surface area contributed by atoms with Gasteiger partial charge in [-0.1, -0.05) is 0 Å². The van der Waals surface area contributed by atoms with E-state index in [1.54, 1.807) is 18.5 Å². The van der Waals surface area contributed by atoms with Crippen LogP contribution in [-0.2, 0) is 0 Å². The number of piperidine rings is 1. The van der Waals surface area contributed by atoms with Gasteiger partial charge in [-0.15, -0.1) is 0 Å². The molecule has 1 amide bonds. The molecule has 23 heavy (non-hydrogen) atoms. The Morgan fingerprint density at radius 3 is 3.09 bits per heavy atom. The van der Waals surface area contributed by atoms with Crippen molar-refractivity contribution in [1.82, 2.24) is 20.4 Å². The van der Waals surface area contributed by atoms with E-state index in [1.165, 1.54) is 6.07 Å². The second-order valence-corrected chi connectivity index (χ2v) is 5.27. The van der Waals surface area contributed by atoms with Gasteiger partial charge in [-0.2, -0.15) is 0 Å². The van der Waals surface area contributed by atoms with Gasteiger partial charge in [-0.05, 0) is 31.0 Å². The van der Waals surface area contributed by atoms with Crippen molar-refractivity contribution in [3.8, 4) is 5.88 Å². The molecule has 8 nitrogen and oxygen atoms in total. The first-order valence-corrected chi connectivity index (χ1v) is 7.68. The van der Waals surface area contributed by atoms with E-state index in [0.29, 0.717) is 25.0 Å². The molecule has 8 heteroatoms. The molecule has 1 aliphatic rings. The summed E-state index contributed by atoms with van der Waals surface area (Å²) in [7, 11) is 0. The molecule has 1 unspecified atom stereocenters. The van der Waals surface area contributed by atoms with Crippen LogP contribution in [0.25, 0.3) is 0 Å². The first-order valence-electron chi connectivity index (χ1n) is 7.68. The van der Waals surface area contributed by atoms with Crippen molar-refractivity contribution in [3.63, 3.8) is 0 Å². The van der Waals surface area contributed by atoms with E-state index in [0.717, 1.165) is 19.4 Å². The summed E-state index contributed by atoms with van der Waals surface area (Å²) in [4.78, 5) is 22.8. The first-order chi connectivity index (χ1) is 11.3. The highest BCUT2D eigenvalue weighted by molar-refractivity contribution is 5.91. The van der Waals surface area contributed by atoms with Crippen LogP contribution in [0.3, 0.4) is 0 Å². The lowest BCUT2D eigenvalue weighted by molar-refractivity contribution is 0.0895. The average Bonchev–Trinajstić information content (AvgIpc) is 3.05. The molecule has 0 bridgehead atoms. The molecule has 0 spiro atoms. The summed E-state index contributed by atoms with van der Waals surface area (Å²) >= 11 is 0. The van der Waals surface area contributed by atoms with Crippen LogP contribution in [0.5, 0.6) is 5.88 Å². The molecule has 1 atom stereocenters. The lowest BCUT2D eigenvalue weighted by Crippen LogP contribution is -2.48. The normalized spacial score (nSPS) is 17.8. The van der Waals surface area contributed by atoms with Gasteiger partial charge < -0.3 is 19.5 Å². The lowest BCUT2D eigenvalue weighted by atomic mass is 10.1. The van der Waals surface area contributed by atoms with Crippen molar-refractivity contribution in [3.05, 3.63) is 30.3 Å². The van der Waals surface area contributed by atoms with Crippen LogP contribution >= 0.6 is 0 Å². The quantitative estimate of drug-likeness (QED) is 0.887. The van der Waals surface area contributed by atoms with E-state index in [9.17, 15) is 4.79 Å². The minimum Gasteiger partial charge on any atom is -0.476 e. The van der Waals surface area contributed by atoms with Crippen LogP contribution in [0.4, 0.5) is 5.95 Å². The van der Waals surface area contributed by atoms with Crippen molar-refractivity contribution in [2.24, 2.45) is 0 Å². The Bertz CT molecular complexity index is 646. The SMILES string of the molecule is CCOc1cc(C(=O)NC2CCCN(c3ncccn3)C2)on1. The smallest absolute Gasteiger partial charge is 0.290 e. The van der Waals surface area contributed by atoms with Crippen LogP contribution < -0.4 is 15.0 Å². The summed E-state index contributed by atoms with van der Waals surface area (Å²) in [6, 6.07) is 3.30. The van der Waals surface area contributed by atoms with E-state index >= 15 is 0 Å². The van der Waals surface area contributed by atoms with Crippen molar-refractivity contribution in [2.45, 2.75) is 25.8 Å². The minimum atomic E-state index is -0.288. The average molecular weight is 317 g/mol. The molecular formula is C15H19N5O3. The number of carbonyl (C=O) groups excluding carboxylic acids is 1.